The van der Waals surface area contributed by atoms with Crippen molar-refractivity contribution >= 4 is 28.5 Å². The van der Waals surface area contributed by atoms with Gasteiger partial charge >= 0.3 is 0 Å². The second-order valence-corrected chi connectivity index (χ2v) is 4.90. The third-order valence-electron chi connectivity index (χ3n) is 3.07. The monoisotopic (exact) mass is 294 g/mol. The molecule has 0 radical (unpaired) electrons. The Morgan fingerprint density at radius 1 is 1.46 bits per heavy atom. The maximum Gasteiger partial charge on any atom is 0.221 e. The molecule has 2 aliphatic rings. The maximum absolute atomic E-state index is 11.3. The summed E-state index contributed by atoms with van der Waals surface area (Å²) in [5.41, 5.74) is 0. The van der Waals surface area contributed by atoms with Gasteiger partial charge in [-0.15, -0.1) is 0 Å². The van der Waals surface area contributed by atoms with E-state index < -0.39 is 0 Å². The highest BCUT2D eigenvalue weighted by Gasteiger charge is 2.36. The van der Waals surface area contributed by atoms with Crippen LogP contribution in [0.1, 0.15) is 19.3 Å². The molecule has 74 valence electrons. The number of amides is 1. The highest BCUT2D eigenvalue weighted by atomic mass is 127. The standard InChI is InChI=1S/C9H15IN2O/c10-3-4-12-7-1-2-8(12)6-11-9(13)5-7/h7-8H,1-6H2,(H,11,13). The average molecular weight is 294 g/mol. The molecule has 1 N–H and O–H groups in total. The van der Waals surface area contributed by atoms with Crippen molar-refractivity contribution < 1.29 is 4.79 Å². The second kappa shape index (κ2) is 4.13. The van der Waals surface area contributed by atoms with Gasteiger partial charge in [0.25, 0.3) is 0 Å². The number of rotatable bonds is 2. The summed E-state index contributed by atoms with van der Waals surface area (Å²) >= 11 is 2.41. The molecule has 0 aromatic carbocycles. The van der Waals surface area contributed by atoms with Crippen LogP contribution in [0.5, 0.6) is 0 Å². The molecule has 1 amide bonds. The van der Waals surface area contributed by atoms with Crippen molar-refractivity contribution in [2.24, 2.45) is 0 Å². The summed E-state index contributed by atoms with van der Waals surface area (Å²) in [6.45, 7) is 2.01. The molecule has 0 aliphatic carbocycles. The lowest BCUT2D eigenvalue weighted by molar-refractivity contribution is -0.121. The summed E-state index contributed by atoms with van der Waals surface area (Å²) in [5, 5.41) is 2.98. The van der Waals surface area contributed by atoms with Crippen molar-refractivity contribution in [2.75, 3.05) is 17.5 Å². The predicted molar refractivity (Wildman–Crippen MR) is 60.0 cm³/mol. The van der Waals surface area contributed by atoms with Crippen LogP contribution in [-0.4, -0.2) is 40.4 Å². The smallest absolute Gasteiger partial charge is 0.221 e. The zero-order chi connectivity index (χ0) is 9.26. The molecule has 2 bridgehead atoms. The number of hydrogen-bond donors (Lipinski definition) is 1. The van der Waals surface area contributed by atoms with Crippen molar-refractivity contribution in [3.8, 4) is 0 Å². The van der Waals surface area contributed by atoms with Gasteiger partial charge in [-0.2, -0.15) is 0 Å². The van der Waals surface area contributed by atoms with Crippen LogP contribution in [0, 0.1) is 0 Å². The zero-order valence-corrected chi connectivity index (χ0v) is 9.79. The number of hydrogen-bond acceptors (Lipinski definition) is 2. The van der Waals surface area contributed by atoms with Gasteiger partial charge in [0, 0.05) is 36.0 Å². The molecule has 2 rings (SSSR count). The summed E-state index contributed by atoms with van der Waals surface area (Å²) in [6.07, 6.45) is 3.20. The fourth-order valence-corrected chi connectivity index (χ4v) is 2.99. The van der Waals surface area contributed by atoms with Crippen LogP contribution in [-0.2, 0) is 4.79 Å². The summed E-state index contributed by atoms with van der Waals surface area (Å²) < 4.78 is 1.17. The topological polar surface area (TPSA) is 32.3 Å². The van der Waals surface area contributed by atoms with Gasteiger partial charge in [0.05, 0.1) is 0 Å². The van der Waals surface area contributed by atoms with Crippen LogP contribution >= 0.6 is 22.6 Å². The van der Waals surface area contributed by atoms with Crippen LogP contribution in [0.4, 0.5) is 0 Å². The molecule has 2 fully saturated rings. The first-order valence-corrected chi connectivity index (χ1v) is 6.42. The second-order valence-electron chi connectivity index (χ2n) is 3.82. The molecule has 0 aromatic heterocycles. The molecule has 13 heavy (non-hydrogen) atoms. The van der Waals surface area contributed by atoms with Gasteiger partial charge in [0.15, 0.2) is 0 Å². The van der Waals surface area contributed by atoms with Gasteiger partial charge in [-0.25, -0.2) is 0 Å². The molecule has 2 unspecified atom stereocenters. The largest absolute Gasteiger partial charge is 0.354 e. The number of fused-ring (bicyclic) bond motifs is 2. The number of alkyl halides is 1. The predicted octanol–water partition coefficient (Wildman–Crippen LogP) is 0.774. The normalized spacial score (nSPS) is 34.4. The Kier molecular flexibility index (Phi) is 3.08. The molecule has 0 saturated carbocycles. The highest BCUT2D eigenvalue weighted by Crippen LogP contribution is 2.27. The van der Waals surface area contributed by atoms with Gasteiger partial charge in [0.1, 0.15) is 0 Å². The van der Waals surface area contributed by atoms with E-state index in [9.17, 15) is 4.79 Å². The highest BCUT2D eigenvalue weighted by molar-refractivity contribution is 14.1. The molecule has 2 aliphatic heterocycles. The number of nitrogens with zero attached hydrogens (tertiary/aromatic N) is 1. The van der Waals surface area contributed by atoms with E-state index in [4.69, 9.17) is 0 Å². The van der Waals surface area contributed by atoms with E-state index in [0.29, 0.717) is 18.5 Å². The first-order chi connectivity index (χ1) is 6.31. The van der Waals surface area contributed by atoms with Crippen LogP contribution in [0.25, 0.3) is 0 Å². The first-order valence-electron chi connectivity index (χ1n) is 4.89. The Labute approximate surface area is 92.4 Å². The van der Waals surface area contributed by atoms with E-state index in [-0.39, 0.29) is 5.91 Å². The van der Waals surface area contributed by atoms with E-state index in [1.807, 2.05) is 0 Å². The molecule has 2 heterocycles. The SMILES string of the molecule is O=C1CC2CCC(CN1)N2CCI. The molecule has 0 spiro atoms. The Morgan fingerprint density at radius 2 is 2.23 bits per heavy atom. The molecular formula is C9H15IN2O. The minimum Gasteiger partial charge on any atom is -0.354 e. The lowest BCUT2D eigenvalue weighted by Gasteiger charge is -2.25. The van der Waals surface area contributed by atoms with Crippen molar-refractivity contribution in [1.82, 2.24) is 10.2 Å². The summed E-state index contributed by atoms with van der Waals surface area (Å²) in [4.78, 5) is 13.8. The number of carbonyl (C=O) groups is 1. The molecule has 2 atom stereocenters. The van der Waals surface area contributed by atoms with E-state index >= 15 is 0 Å². The Bertz CT molecular complexity index is 210. The van der Waals surface area contributed by atoms with E-state index in [1.165, 1.54) is 17.3 Å². The molecule has 2 saturated heterocycles. The minimum atomic E-state index is 0.241. The van der Waals surface area contributed by atoms with Gasteiger partial charge in [-0.3, -0.25) is 9.69 Å². The third kappa shape index (κ3) is 1.98. The fraction of sp³-hybridized carbons (Fsp3) is 0.889. The molecule has 0 aromatic rings. The average Bonchev–Trinajstić information content (AvgIpc) is 2.37. The number of carbonyl (C=O) groups excluding carboxylic acids is 1. The maximum atomic E-state index is 11.3. The Morgan fingerprint density at radius 3 is 3.00 bits per heavy atom. The van der Waals surface area contributed by atoms with Crippen LogP contribution in [0.2, 0.25) is 0 Å². The van der Waals surface area contributed by atoms with Crippen molar-refractivity contribution in [1.29, 1.82) is 0 Å². The van der Waals surface area contributed by atoms with Gasteiger partial charge in [0.2, 0.25) is 5.91 Å². The van der Waals surface area contributed by atoms with Gasteiger partial charge < -0.3 is 5.32 Å². The van der Waals surface area contributed by atoms with Crippen molar-refractivity contribution in [2.45, 2.75) is 31.3 Å². The van der Waals surface area contributed by atoms with Crippen LogP contribution < -0.4 is 5.32 Å². The first kappa shape index (κ1) is 9.71. The number of nitrogens with one attached hydrogen (secondary N) is 1. The van der Waals surface area contributed by atoms with E-state index in [0.717, 1.165) is 13.1 Å². The van der Waals surface area contributed by atoms with Gasteiger partial charge in [-0.05, 0) is 12.8 Å². The Balaban J connectivity index is 2.06. The summed E-state index contributed by atoms with van der Waals surface area (Å²) in [6, 6.07) is 1.15. The third-order valence-corrected chi connectivity index (χ3v) is 3.55. The van der Waals surface area contributed by atoms with Crippen LogP contribution in [0.15, 0.2) is 0 Å². The molecule has 4 heteroatoms. The lowest BCUT2D eigenvalue weighted by atomic mass is 10.1. The van der Waals surface area contributed by atoms with Crippen LogP contribution in [0.3, 0.4) is 0 Å². The van der Waals surface area contributed by atoms with E-state index in [2.05, 4.69) is 32.8 Å². The summed E-state index contributed by atoms with van der Waals surface area (Å²) in [5.74, 6) is 0.241. The quantitative estimate of drug-likeness (QED) is 0.603. The molecule has 3 nitrogen and oxygen atoms in total. The van der Waals surface area contributed by atoms with Crippen molar-refractivity contribution in [3.05, 3.63) is 0 Å². The van der Waals surface area contributed by atoms with Crippen molar-refractivity contribution in [3.63, 3.8) is 0 Å². The zero-order valence-electron chi connectivity index (χ0n) is 7.63. The summed E-state index contributed by atoms with van der Waals surface area (Å²) in [7, 11) is 0. The van der Waals surface area contributed by atoms with E-state index in [1.54, 1.807) is 0 Å². The van der Waals surface area contributed by atoms with Gasteiger partial charge in [-0.1, -0.05) is 22.6 Å². The lowest BCUT2D eigenvalue weighted by Crippen LogP contribution is -2.39. The Hall–Kier alpha value is 0.160. The minimum absolute atomic E-state index is 0.241. The fourth-order valence-electron chi connectivity index (χ4n) is 2.43. The molecular weight excluding hydrogens is 279 g/mol. The number of halogens is 1.